The van der Waals surface area contributed by atoms with Crippen molar-refractivity contribution in [2.45, 2.75) is 45.7 Å². The molecule has 18 heavy (non-hydrogen) atoms. The van der Waals surface area contributed by atoms with E-state index in [1.165, 1.54) is 0 Å². The fourth-order valence-corrected chi connectivity index (χ4v) is 2.21. The second kappa shape index (κ2) is 5.48. The normalized spacial score (nSPS) is 24.3. The van der Waals surface area contributed by atoms with E-state index in [1.54, 1.807) is 6.92 Å². The van der Waals surface area contributed by atoms with Crippen LogP contribution in [0.4, 0.5) is 0 Å². The van der Waals surface area contributed by atoms with E-state index < -0.39 is 0 Å². The number of aromatic nitrogens is 2. The average molecular weight is 252 g/mol. The Morgan fingerprint density at radius 3 is 3.00 bits per heavy atom. The molecule has 1 N–H and O–H groups in total. The highest BCUT2D eigenvalue weighted by Gasteiger charge is 2.27. The lowest BCUT2D eigenvalue weighted by atomic mass is 10.1. The summed E-state index contributed by atoms with van der Waals surface area (Å²) < 4.78 is 5.01. The minimum Gasteiger partial charge on any atom is -0.339 e. The number of nitrogens with zero attached hydrogens (tertiary/aromatic N) is 3. The summed E-state index contributed by atoms with van der Waals surface area (Å²) in [6.45, 7) is 7.58. The lowest BCUT2D eigenvalue weighted by Gasteiger charge is -2.38. The van der Waals surface area contributed by atoms with Gasteiger partial charge in [0.25, 0.3) is 0 Å². The highest BCUT2D eigenvalue weighted by atomic mass is 16.5. The predicted molar refractivity (Wildman–Crippen MR) is 66.0 cm³/mol. The largest absolute Gasteiger partial charge is 0.339 e. The zero-order chi connectivity index (χ0) is 13.1. The lowest BCUT2D eigenvalue weighted by Crippen LogP contribution is -2.57. The summed E-state index contributed by atoms with van der Waals surface area (Å²) in [5.74, 6) is 1.31. The molecule has 1 aromatic rings. The fourth-order valence-electron chi connectivity index (χ4n) is 2.21. The monoisotopic (exact) mass is 252 g/mol. The highest BCUT2D eigenvalue weighted by molar-refractivity contribution is 5.76. The number of aryl methyl sites for hydroxylation is 2. The number of amides is 1. The Hall–Kier alpha value is -1.43. The van der Waals surface area contributed by atoms with Gasteiger partial charge in [-0.05, 0) is 20.8 Å². The lowest BCUT2D eigenvalue weighted by molar-refractivity contribution is -0.134. The number of hydrogen-bond donors (Lipinski definition) is 1. The van der Waals surface area contributed by atoms with Crippen molar-refractivity contribution < 1.29 is 9.32 Å². The number of nitrogens with one attached hydrogen (secondary N) is 1. The maximum Gasteiger partial charge on any atom is 0.227 e. The third-order valence-corrected chi connectivity index (χ3v) is 3.48. The van der Waals surface area contributed by atoms with Crippen molar-refractivity contribution in [3.05, 3.63) is 11.7 Å². The molecule has 100 valence electrons. The quantitative estimate of drug-likeness (QED) is 0.849. The van der Waals surface area contributed by atoms with Gasteiger partial charge in [-0.15, -0.1) is 0 Å². The molecule has 1 aromatic heterocycles. The van der Waals surface area contributed by atoms with Gasteiger partial charge in [0.1, 0.15) is 0 Å². The van der Waals surface area contributed by atoms with Crippen molar-refractivity contribution >= 4 is 5.91 Å². The van der Waals surface area contributed by atoms with Crippen LogP contribution < -0.4 is 5.32 Å². The SMILES string of the molecule is Cc1noc(CCC(=O)N2CCNC(C)C2C)n1. The minimum atomic E-state index is 0.159. The molecule has 1 fully saturated rings. The van der Waals surface area contributed by atoms with Crippen LogP contribution in [-0.2, 0) is 11.2 Å². The molecule has 0 radical (unpaired) electrons. The molecule has 1 amide bonds. The van der Waals surface area contributed by atoms with Crippen LogP contribution >= 0.6 is 0 Å². The van der Waals surface area contributed by atoms with Crippen LogP contribution in [0.15, 0.2) is 4.52 Å². The summed E-state index contributed by atoms with van der Waals surface area (Å²) in [5, 5.41) is 7.07. The Kier molecular flexibility index (Phi) is 3.96. The second-order valence-electron chi connectivity index (χ2n) is 4.81. The predicted octanol–water partition coefficient (Wildman–Crippen LogP) is 0.519. The van der Waals surface area contributed by atoms with Crippen LogP contribution in [0, 0.1) is 6.92 Å². The van der Waals surface area contributed by atoms with Crippen LogP contribution in [-0.4, -0.2) is 46.1 Å². The van der Waals surface area contributed by atoms with E-state index in [1.807, 2.05) is 4.90 Å². The van der Waals surface area contributed by atoms with E-state index >= 15 is 0 Å². The molecule has 1 saturated heterocycles. The van der Waals surface area contributed by atoms with Crippen molar-refractivity contribution in [1.82, 2.24) is 20.4 Å². The Morgan fingerprint density at radius 2 is 2.33 bits per heavy atom. The van der Waals surface area contributed by atoms with Gasteiger partial charge in [-0.1, -0.05) is 5.16 Å². The van der Waals surface area contributed by atoms with Crippen LogP contribution in [0.25, 0.3) is 0 Å². The Labute approximate surface area is 107 Å². The molecule has 2 heterocycles. The molecular formula is C12H20N4O2. The van der Waals surface area contributed by atoms with E-state index in [2.05, 4.69) is 29.3 Å². The first-order chi connectivity index (χ1) is 8.58. The first-order valence-electron chi connectivity index (χ1n) is 6.40. The van der Waals surface area contributed by atoms with E-state index in [0.29, 0.717) is 30.6 Å². The number of hydrogen-bond acceptors (Lipinski definition) is 5. The highest BCUT2D eigenvalue weighted by Crippen LogP contribution is 2.11. The number of carbonyl (C=O) groups excluding carboxylic acids is 1. The van der Waals surface area contributed by atoms with E-state index in [-0.39, 0.29) is 11.9 Å². The minimum absolute atomic E-state index is 0.159. The van der Waals surface area contributed by atoms with Crippen LogP contribution in [0.3, 0.4) is 0 Å². The number of carbonyl (C=O) groups is 1. The fraction of sp³-hybridized carbons (Fsp3) is 0.750. The molecule has 0 aromatic carbocycles. The van der Waals surface area contributed by atoms with Gasteiger partial charge in [0, 0.05) is 38.0 Å². The third-order valence-electron chi connectivity index (χ3n) is 3.48. The first-order valence-corrected chi connectivity index (χ1v) is 6.40. The summed E-state index contributed by atoms with van der Waals surface area (Å²) >= 11 is 0. The van der Waals surface area contributed by atoms with Gasteiger partial charge in [0.2, 0.25) is 11.8 Å². The number of rotatable bonds is 3. The molecule has 1 aliphatic rings. The number of piperazine rings is 1. The average Bonchev–Trinajstić information content (AvgIpc) is 2.76. The molecule has 2 rings (SSSR count). The van der Waals surface area contributed by atoms with Gasteiger partial charge in [0.15, 0.2) is 5.82 Å². The molecule has 0 aliphatic carbocycles. The molecule has 0 spiro atoms. The van der Waals surface area contributed by atoms with Gasteiger partial charge in [-0.3, -0.25) is 4.79 Å². The topological polar surface area (TPSA) is 71.3 Å². The van der Waals surface area contributed by atoms with Gasteiger partial charge in [0.05, 0.1) is 0 Å². The molecule has 2 atom stereocenters. The molecule has 0 saturated carbocycles. The van der Waals surface area contributed by atoms with Crippen molar-refractivity contribution in [2.75, 3.05) is 13.1 Å². The zero-order valence-corrected chi connectivity index (χ0v) is 11.1. The van der Waals surface area contributed by atoms with E-state index in [4.69, 9.17) is 4.52 Å². The van der Waals surface area contributed by atoms with Gasteiger partial charge < -0.3 is 14.7 Å². The molecule has 6 heteroatoms. The zero-order valence-electron chi connectivity index (χ0n) is 11.1. The van der Waals surface area contributed by atoms with Crippen LogP contribution in [0.5, 0.6) is 0 Å². The molecule has 0 bridgehead atoms. The molecule has 2 unspecified atom stereocenters. The summed E-state index contributed by atoms with van der Waals surface area (Å²) in [6.07, 6.45) is 0.948. The summed E-state index contributed by atoms with van der Waals surface area (Å²) in [6, 6.07) is 0.573. The Bertz CT molecular complexity index is 418. The van der Waals surface area contributed by atoms with Gasteiger partial charge in [-0.25, -0.2) is 0 Å². The van der Waals surface area contributed by atoms with E-state index in [0.717, 1.165) is 13.1 Å². The molecule has 1 aliphatic heterocycles. The van der Waals surface area contributed by atoms with Crippen molar-refractivity contribution in [3.8, 4) is 0 Å². The van der Waals surface area contributed by atoms with Gasteiger partial charge >= 0.3 is 0 Å². The maximum atomic E-state index is 12.1. The van der Waals surface area contributed by atoms with Crippen LogP contribution in [0.1, 0.15) is 32.0 Å². The van der Waals surface area contributed by atoms with E-state index in [9.17, 15) is 4.79 Å². The maximum absolute atomic E-state index is 12.1. The summed E-state index contributed by atoms with van der Waals surface area (Å²) in [4.78, 5) is 18.2. The summed E-state index contributed by atoms with van der Waals surface area (Å²) in [7, 11) is 0. The molecule has 6 nitrogen and oxygen atoms in total. The summed E-state index contributed by atoms with van der Waals surface area (Å²) in [5.41, 5.74) is 0. The Balaban J connectivity index is 1.87. The van der Waals surface area contributed by atoms with Crippen molar-refractivity contribution in [2.24, 2.45) is 0 Å². The van der Waals surface area contributed by atoms with Gasteiger partial charge in [-0.2, -0.15) is 4.98 Å². The van der Waals surface area contributed by atoms with Crippen LogP contribution in [0.2, 0.25) is 0 Å². The smallest absolute Gasteiger partial charge is 0.227 e. The third kappa shape index (κ3) is 2.87. The first kappa shape index (κ1) is 13.0. The Morgan fingerprint density at radius 1 is 1.56 bits per heavy atom. The standard InChI is InChI=1S/C12H20N4O2/c1-8-9(2)16(7-6-13-8)12(17)5-4-11-14-10(3)15-18-11/h8-9,13H,4-7H2,1-3H3. The second-order valence-corrected chi connectivity index (χ2v) is 4.81. The van der Waals surface area contributed by atoms with Crippen molar-refractivity contribution in [3.63, 3.8) is 0 Å². The van der Waals surface area contributed by atoms with Crippen molar-refractivity contribution in [1.29, 1.82) is 0 Å². The molecular weight excluding hydrogens is 232 g/mol.